The zero-order valence-corrected chi connectivity index (χ0v) is 10.1. The van der Waals surface area contributed by atoms with Crippen LogP contribution in [0.2, 0.25) is 0 Å². The van der Waals surface area contributed by atoms with Crippen molar-refractivity contribution in [2.75, 3.05) is 7.11 Å². The topological polar surface area (TPSA) is 48.4 Å². The summed E-state index contributed by atoms with van der Waals surface area (Å²) in [5.41, 5.74) is 2.80. The predicted molar refractivity (Wildman–Crippen MR) is 62.7 cm³/mol. The molecule has 0 fully saturated rings. The lowest BCUT2D eigenvalue weighted by Crippen LogP contribution is -2.51. The first kappa shape index (κ1) is 13.5. The average Bonchev–Trinajstić information content (AvgIpc) is 2.90. The molecule has 0 amide bonds. The molecule has 3 nitrogen and oxygen atoms in total. The van der Waals surface area contributed by atoms with Gasteiger partial charge < -0.3 is 14.9 Å². The Balaban J connectivity index is 2.55. The molecule has 6 heteroatoms. The third-order valence-electron chi connectivity index (χ3n) is 2.90. The van der Waals surface area contributed by atoms with Gasteiger partial charge in [0.15, 0.2) is 5.54 Å². The van der Waals surface area contributed by atoms with Crippen LogP contribution in [0.1, 0.15) is 11.3 Å². The molecule has 1 heterocycles. The number of alkyl halides is 3. The molecule has 0 radical (unpaired) electrons. The quantitative estimate of drug-likeness (QED) is 0.933. The van der Waals surface area contributed by atoms with Crippen LogP contribution in [-0.4, -0.2) is 13.3 Å². The zero-order valence-electron chi connectivity index (χ0n) is 10.1. The monoisotopic (exact) mass is 271 g/mol. The second-order valence-electron chi connectivity index (χ2n) is 4.01. The summed E-state index contributed by atoms with van der Waals surface area (Å²) in [5, 5.41) is 0. The lowest BCUT2D eigenvalue weighted by Gasteiger charge is -2.30. The highest BCUT2D eigenvalue weighted by molar-refractivity contribution is 5.38. The lowest BCUT2D eigenvalue weighted by atomic mass is 9.87. The Hall–Kier alpha value is -1.95. The van der Waals surface area contributed by atoms with Crippen LogP contribution in [0.25, 0.3) is 0 Å². The maximum atomic E-state index is 13.3. The van der Waals surface area contributed by atoms with E-state index >= 15 is 0 Å². The highest BCUT2D eigenvalue weighted by Gasteiger charge is 2.56. The van der Waals surface area contributed by atoms with Gasteiger partial charge in [0.1, 0.15) is 11.5 Å². The molecule has 102 valence electrons. The molecule has 2 aromatic rings. The van der Waals surface area contributed by atoms with Gasteiger partial charge in [0.05, 0.1) is 13.4 Å². The molecule has 0 saturated heterocycles. The second kappa shape index (κ2) is 4.62. The van der Waals surface area contributed by atoms with Gasteiger partial charge in [0.25, 0.3) is 0 Å². The fraction of sp³-hybridized carbons (Fsp3) is 0.231. The first-order valence-electron chi connectivity index (χ1n) is 5.43. The number of hydrogen-bond acceptors (Lipinski definition) is 3. The number of methoxy groups -OCH3 is 1. The van der Waals surface area contributed by atoms with Crippen LogP contribution in [0.3, 0.4) is 0 Å². The van der Waals surface area contributed by atoms with Crippen molar-refractivity contribution < 1.29 is 22.3 Å². The number of hydrogen-bond donors (Lipinski definition) is 1. The van der Waals surface area contributed by atoms with Gasteiger partial charge in [-0.1, -0.05) is 12.1 Å². The minimum atomic E-state index is -4.68. The minimum absolute atomic E-state index is 0.115. The van der Waals surface area contributed by atoms with Gasteiger partial charge in [-0.25, -0.2) is 0 Å². The van der Waals surface area contributed by atoms with E-state index in [1.54, 1.807) is 0 Å². The third-order valence-corrected chi connectivity index (χ3v) is 2.90. The Kier molecular flexibility index (Phi) is 3.28. The molecular weight excluding hydrogens is 259 g/mol. The summed E-state index contributed by atoms with van der Waals surface area (Å²) in [4.78, 5) is 0. The van der Waals surface area contributed by atoms with E-state index in [9.17, 15) is 13.2 Å². The Labute approximate surface area is 107 Å². The molecule has 1 aromatic heterocycles. The predicted octanol–water partition coefficient (Wildman–Crippen LogP) is 3.05. The largest absolute Gasteiger partial charge is 0.497 e. The average molecular weight is 271 g/mol. The van der Waals surface area contributed by atoms with Crippen LogP contribution >= 0.6 is 0 Å². The van der Waals surface area contributed by atoms with E-state index in [0.717, 1.165) is 6.26 Å². The van der Waals surface area contributed by atoms with Crippen LogP contribution in [0.5, 0.6) is 5.75 Å². The SMILES string of the molecule is COc1ccc([C@](N)(c2ccco2)C(F)(F)F)cc1. The maximum absolute atomic E-state index is 13.3. The van der Waals surface area contributed by atoms with E-state index in [2.05, 4.69) is 0 Å². The molecule has 0 aliphatic heterocycles. The molecule has 2 N–H and O–H groups in total. The van der Waals surface area contributed by atoms with Crippen molar-refractivity contribution in [3.63, 3.8) is 0 Å². The van der Waals surface area contributed by atoms with Crippen LogP contribution in [0, 0.1) is 0 Å². The molecule has 1 aromatic carbocycles. The van der Waals surface area contributed by atoms with Crippen molar-refractivity contribution in [1.82, 2.24) is 0 Å². The molecule has 0 bridgehead atoms. The van der Waals surface area contributed by atoms with E-state index in [-0.39, 0.29) is 11.3 Å². The first-order chi connectivity index (χ1) is 8.89. The van der Waals surface area contributed by atoms with Crippen molar-refractivity contribution in [3.8, 4) is 5.75 Å². The molecule has 1 atom stereocenters. The molecule has 0 spiro atoms. The van der Waals surface area contributed by atoms with Crippen molar-refractivity contribution >= 4 is 0 Å². The van der Waals surface area contributed by atoms with Crippen molar-refractivity contribution in [3.05, 3.63) is 54.0 Å². The van der Waals surface area contributed by atoms with E-state index in [1.165, 1.54) is 43.5 Å². The number of halogens is 3. The number of nitrogens with two attached hydrogens (primary N) is 1. The van der Waals surface area contributed by atoms with Gasteiger partial charge in [0, 0.05) is 0 Å². The standard InChI is InChI=1S/C13H12F3NO2/c1-18-10-6-4-9(5-7-10)12(17,13(14,15)16)11-3-2-8-19-11/h2-8H,17H2,1H3/t12-/m0/s1. The van der Waals surface area contributed by atoms with E-state index in [4.69, 9.17) is 14.9 Å². The summed E-state index contributed by atoms with van der Waals surface area (Å²) >= 11 is 0. The molecular formula is C13H12F3NO2. The van der Waals surface area contributed by atoms with Gasteiger partial charge in [-0.15, -0.1) is 0 Å². The summed E-state index contributed by atoms with van der Waals surface area (Å²) in [6.45, 7) is 0. The zero-order chi connectivity index (χ0) is 14.1. The Bertz CT molecular complexity index is 534. The molecule has 2 rings (SSSR count). The normalized spacial score (nSPS) is 15.0. The highest BCUT2D eigenvalue weighted by atomic mass is 19.4. The summed E-state index contributed by atoms with van der Waals surface area (Å²) in [7, 11) is 1.43. The van der Waals surface area contributed by atoms with Gasteiger partial charge >= 0.3 is 6.18 Å². The maximum Gasteiger partial charge on any atom is 0.417 e. The first-order valence-corrected chi connectivity index (χ1v) is 5.43. The Morgan fingerprint density at radius 1 is 1.11 bits per heavy atom. The number of benzene rings is 1. The Morgan fingerprint density at radius 2 is 1.74 bits per heavy atom. The smallest absolute Gasteiger partial charge is 0.417 e. The lowest BCUT2D eigenvalue weighted by molar-refractivity contribution is -0.181. The second-order valence-corrected chi connectivity index (χ2v) is 4.01. The number of rotatable bonds is 3. The molecule has 19 heavy (non-hydrogen) atoms. The van der Waals surface area contributed by atoms with Crippen molar-refractivity contribution in [2.45, 2.75) is 11.7 Å². The fourth-order valence-corrected chi connectivity index (χ4v) is 1.80. The molecule has 0 aliphatic rings. The molecule has 0 aliphatic carbocycles. The van der Waals surface area contributed by atoms with Crippen molar-refractivity contribution in [1.29, 1.82) is 0 Å². The summed E-state index contributed by atoms with van der Waals surface area (Å²) in [6.07, 6.45) is -3.52. The van der Waals surface area contributed by atoms with Crippen molar-refractivity contribution in [2.24, 2.45) is 5.73 Å². The Morgan fingerprint density at radius 3 is 2.16 bits per heavy atom. The van der Waals surface area contributed by atoms with Crippen LogP contribution in [-0.2, 0) is 5.54 Å². The van der Waals surface area contributed by atoms with E-state index < -0.39 is 11.7 Å². The van der Waals surface area contributed by atoms with E-state index in [1.807, 2.05) is 0 Å². The number of ether oxygens (including phenoxy) is 1. The van der Waals surface area contributed by atoms with Crippen LogP contribution in [0.4, 0.5) is 13.2 Å². The molecule has 0 saturated carbocycles. The van der Waals surface area contributed by atoms with Crippen LogP contribution < -0.4 is 10.5 Å². The highest BCUT2D eigenvalue weighted by Crippen LogP contribution is 2.42. The molecule has 0 unspecified atom stereocenters. The fourth-order valence-electron chi connectivity index (χ4n) is 1.80. The van der Waals surface area contributed by atoms with Gasteiger partial charge in [0.2, 0.25) is 0 Å². The van der Waals surface area contributed by atoms with Gasteiger partial charge in [-0.2, -0.15) is 13.2 Å². The number of furan rings is 1. The minimum Gasteiger partial charge on any atom is -0.497 e. The summed E-state index contributed by atoms with van der Waals surface area (Å²) in [6, 6.07) is 7.96. The summed E-state index contributed by atoms with van der Waals surface area (Å²) in [5.74, 6) is 0.0953. The van der Waals surface area contributed by atoms with Gasteiger partial charge in [-0.05, 0) is 29.8 Å². The summed E-state index contributed by atoms with van der Waals surface area (Å²) < 4.78 is 49.7. The third kappa shape index (κ3) is 2.19. The van der Waals surface area contributed by atoms with Gasteiger partial charge in [-0.3, -0.25) is 0 Å². The van der Waals surface area contributed by atoms with Crippen LogP contribution in [0.15, 0.2) is 47.1 Å². The van der Waals surface area contributed by atoms with E-state index in [0.29, 0.717) is 5.75 Å².